The van der Waals surface area contributed by atoms with Crippen LogP contribution in [-0.2, 0) is 9.53 Å². The van der Waals surface area contributed by atoms with Gasteiger partial charge in [-0.3, -0.25) is 4.79 Å². The molecule has 92 valence electrons. The fraction of sp³-hybridized carbons (Fsp3) is 0.273. The van der Waals surface area contributed by atoms with E-state index in [1.807, 2.05) is 0 Å². The van der Waals surface area contributed by atoms with E-state index in [0.29, 0.717) is 5.69 Å². The Morgan fingerprint density at radius 2 is 2.12 bits per heavy atom. The number of para-hydroxylation sites is 1. The maximum Gasteiger partial charge on any atom is 0.342 e. The molecule has 0 bridgehead atoms. The van der Waals surface area contributed by atoms with Crippen molar-refractivity contribution in [2.45, 2.75) is 6.42 Å². The molecule has 0 spiro atoms. The number of nitrogens with two attached hydrogens (primary N) is 1. The lowest BCUT2D eigenvalue weighted by molar-refractivity contribution is -0.137. The molecule has 0 aromatic heterocycles. The summed E-state index contributed by atoms with van der Waals surface area (Å²) < 4.78 is 9.76. The summed E-state index contributed by atoms with van der Waals surface area (Å²) in [4.78, 5) is 21.9. The minimum absolute atomic E-state index is 0.179. The van der Waals surface area contributed by atoms with Crippen LogP contribution in [0.2, 0.25) is 0 Å². The molecule has 0 fully saturated rings. The molecule has 0 unspecified atom stereocenters. The van der Waals surface area contributed by atoms with Crippen LogP contribution < -0.4 is 10.5 Å². The second-order valence-corrected chi connectivity index (χ2v) is 3.21. The smallest absolute Gasteiger partial charge is 0.342 e. The SMILES string of the molecule is COc1c(N)cccc1C(=O)OCCC(=O)O. The molecule has 0 aliphatic rings. The highest BCUT2D eigenvalue weighted by Gasteiger charge is 2.15. The third-order valence-corrected chi connectivity index (χ3v) is 2.02. The van der Waals surface area contributed by atoms with E-state index in [4.69, 9.17) is 20.3 Å². The third-order valence-electron chi connectivity index (χ3n) is 2.02. The van der Waals surface area contributed by atoms with Crippen molar-refractivity contribution in [2.24, 2.45) is 0 Å². The van der Waals surface area contributed by atoms with Crippen molar-refractivity contribution in [3.63, 3.8) is 0 Å². The maximum atomic E-state index is 11.6. The van der Waals surface area contributed by atoms with Gasteiger partial charge in [-0.15, -0.1) is 0 Å². The van der Waals surface area contributed by atoms with Crippen molar-refractivity contribution >= 4 is 17.6 Å². The second kappa shape index (κ2) is 5.74. The summed E-state index contributed by atoms with van der Waals surface area (Å²) in [6.45, 7) is -0.188. The van der Waals surface area contributed by atoms with Crippen molar-refractivity contribution < 1.29 is 24.2 Å². The Morgan fingerprint density at radius 3 is 2.71 bits per heavy atom. The van der Waals surface area contributed by atoms with Crippen LogP contribution in [0.4, 0.5) is 5.69 Å². The van der Waals surface area contributed by atoms with E-state index in [1.165, 1.54) is 13.2 Å². The summed E-state index contributed by atoms with van der Waals surface area (Å²) in [5.41, 5.74) is 6.12. The minimum atomic E-state index is -1.03. The van der Waals surface area contributed by atoms with Crippen molar-refractivity contribution in [1.29, 1.82) is 0 Å². The molecule has 0 atom stereocenters. The van der Waals surface area contributed by atoms with Crippen LogP contribution >= 0.6 is 0 Å². The third kappa shape index (κ3) is 3.37. The normalized spacial score (nSPS) is 9.71. The first-order valence-corrected chi connectivity index (χ1v) is 4.87. The molecular weight excluding hydrogens is 226 g/mol. The van der Waals surface area contributed by atoms with E-state index < -0.39 is 11.9 Å². The number of anilines is 1. The second-order valence-electron chi connectivity index (χ2n) is 3.21. The molecule has 1 rings (SSSR count). The molecule has 0 saturated heterocycles. The molecule has 0 saturated carbocycles. The number of methoxy groups -OCH3 is 1. The number of ether oxygens (including phenoxy) is 2. The van der Waals surface area contributed by atoms with E-state index in [-0.39, 0.29) is 24.3 Å². The predicted octanol–water partition coefficient (Wildman–Crippen LogP) is 0.909. The van der Waals surface area contributed by atoms with E-state index >= 15 is 0 Å². The van der Waals surface area contributed by atoms with Crippen LogP contribution in [0, 0.1) is 0 Å². The molecule has 0 aliphatic heterocycles. The first-order chi connectivity index (χ1) is 8.06. The molecule has 3 N–H and O–H groups in total. The van der Waals surface area contributed by atoms with Gasteiger partial charge in [0.1, 0.15) is 12.2 Å². The summed E-state index contributed by atoms with van der Waals surface area (Å²) in [5, 5.41) is 8.41. The molecule has 0 amide bonds. The standard InChI is InChI=1S/C11H13NO5/c1-16-10-7(3-2-4-8(10)12)11(15)17-6-5-9(13)14/h2-4H,5-6,12H2,1H3,(H,13,14). The average molecular weight is 239 g/mol. The lowest BCUT2D eigenvalue weighted by atomic mass is 10.2. The Labute approximate surface area is 97.9 Å². The number of carboxylic acid groups (broad SMARTS) is 1. The van der Waals surface area contributed by atoms with E-state index in [2.05, 4.69) is 0 Å². The zero-order valence-corrected chi connectivity index (χ0v) is 9.30. The molecule has 0 heterocycles. The summed E-state index contributed by atoms with van der Waals surface area (Å²) in [5.74, 6) is -1.46. The molecule has 6 nitrogen and oxygen atoms in total. The topological polar surface area (TPSA) is 98.9 Å². The van der Waals surface area contributed by atoms with Crippen molar-refractivity contribution in [1.82, 2.24) is 0 Å². The number of benzene rings is 1. The number of nitrogen functional groups attached to an aromatic ring is 1. The van der Waals surface area contributed by atoms with Gasteiger partial charge in [0.25, 0.3) is 0 Å². The van der Waals surface area contributed by atoms with Crippen LogP contribution in [0.1, 0.15) is 16.8 Å². The number of carbonyl (C=O) groups excluding carboxylic acids is 1. The number of hydrogen-bond donors (Lipinski definition) is 2. The summed E-state index contributed by atoms with van der Waals surface area (Å²) >= 11 is 0. The Kier molecular flexibility index (Phi) is 4.33. The predicted molar refractivity (Wildman–Crippen MR) is 59.9 cm³/mol. The van der Waals surface area contributed by atoms with E-state index in [9.17, 15) is 9.59 Å². The Hall–Kier alpha value is -2.24. The van der Waals surface area contributed by atoms with Crippen molar-refractivity contribution in [3.8, 4) is 5.75 Å². The van der Waals surface area contributed by atoms with Crippen LogP contribution in [0.15, 0.2) is 18.2 Å². The highest BCUT2D eigenvalue weighted by atomic mass is 16.5. The van der Waals surface area contributed by atoms with Gasteiger partial charge < -0.3 is 20.3 Å². The molecule has 6 heteroatoms. The van der Waals surface area contributed by atoms with Gasteiger partial charge in [0.2, 0.25) is 0 Å². The Balaban J connectivity index is 2.75. The highest BCUT2D eigenvalue weighted by Crippen LogP contribution is 2.26. The Morgan fingerprint density at radius 1 is 1.41 bits per heavy atom. The number of rotatable bonds is 5. The van der Waals surface area contributed by atoms with E-state index in [1.54, 1.807) is 12.1 Å². The summed E-state index contributed by atoms with van der Waals surface area (Å²) in [7, 11) is 1.39. The highest BCUT2D eigenvalue weighted by molar-refractivity contribution is 5.94. The largest absolute Gasteiger partial charge is 0.494 e. The van der Waals surface area contributed by atoms with Crippen LogP contribution in [0.25, 0.3) is 0 Å². The molecule has 17 heavy (non-hydrogen) atoms. The number of carbonyl (C=O) groups is 2. The quantitative estimate of drug-likeness (QED) is 0.585. The summed E-state index contributed by atoms with van der Waals surface area (Å²) in [6, 6.07) is 4.68. The molecule has 0 aliphatic carbocycles. The van der Waals surface area contributed by atoms with E-state index in [0.717, 1.165) is 0 Å². The van der Waals surface area contributed by atoms with Crippen LogP contribution in [-0.4, -0.2) is 30.8 Å². The van der Waals surface area contributed by atoms with Gasteiger partial charge in [-0.25, -0.2) is 4.79 Å². The first-order valence-electron chi connectivity index (χ1n) is 4.87. The fourth-order valence-corrected chi connectivity index (χ4v) is 1.25. The van der Waals surface area contributed by atoms with Gasteiger partial charge in [0.15, 0.2) is 5.75 Å². The van der Waals surface area contributed by atoms with Gasteiger partial charge in [-0.1, -0.05) is 6.07 Å². The monoisotopic (exact) mass is 239 g/mol. The Bertz CT molecular complexity index is 430. The lowest BCUT2D eigenvalue weighted by Crippen LogP contribution is -2.11. The number of esters is 1. The first kappa shape index (κ1) is 12.8. The molecule has 0 radical (unpaired) electrons. The average Bonchev–Trinajstić information content (AvgIpc) is 2.28. The van der Waals surface area contributed by atoms with Gasteiger partial charge in [-0.05, 0) is 12.1 Å². The molecular formula is C11H13NO5. The van der Waals surface area contributed by atoms with Gasteiger partial charge in [0, 0.05) is 0 Å². The summed E-state index contributed by atoms with van der Waals surface area (Å²) in [6.07, 6.45) is -0.240. The van der Waals surface area contributed by atoms with Crippen molar-refractivity contribution in [3.05, 3.63) is 23.8 Å². The van der Waals surface area contributed by atoms with Crippen LogP contribution in [0.3, 0.4) is 0 Å². The zero-order valence-electron chi connectivity index (χ0n) is 9.30. The number of carboxylic acids is 1. The maximum absolute atomic E-state index is 11.6. The molecule has 1 aromatic rings. The fourth-order valence-electron chi connectivity index (χ4n) is 1.25. The van der Waals surface area contributed by atoms with Gasteiger partial charge in [0.05, 0.1) is 19.2 Å². The number of aliphatic carboxylic acids is 1. The minimum Gasteiger partial charge on any atom is -0.494 e. The van der Waals surface area contributed by atoms with Crippen molar-refractivity contribution in [2.75, 3.05) is 19.5 Å². The lowest BCUT2D eigenvalue weighted by Gasteiger charge is -2.10. The zero-order chi connectivity index (χ0) is 12.8. The number of hydrogen-bond acceptors (Lipinski definition) is 5. The van der Waals surface area contributed by atoms with Gasteiger partial charge >= 0.3 is 11.9 Å². The van der Waals surface area contributed by atoms with Gasteiger partial charge in [-0.2, -0.15) is 0 Å². The molecule has 1 aromatic carbocycles. The van der Waals surface area contributed by atoms with Crippen LogP contribution in [0.5, 0.6) is 5.75 Å².